The number of piperazine rings is 1. The van der Waals surface area contributed by atoms with Crippen LogP contribution in [0.1, 0.15) is 19.5 Å². The highest BCUT2D eigenvalue weighted by molar-refractivity contribution is 5.88. The molecule has 0 bridgehead atoms. The molecule has 0 unspecified atom stereocenters. The van der Waals surface area contributed by atoms with Crippen molar-refractivity contribution in [2.75, 3.05) is 48.3 Å². The molecule has 2 aromatic rings. The van der Waals surface area contributed by atoms with Crippen molar-refractivity contribution >= 4 is 29.0 Å². The molecule has 1 aromatic carbocycles. The van der Waals surface area contributed by atoms with E-state index in [1.807, 2.05) is 37.3 Å². The normalized spacial score (nSPS) is 15.0. The largest absolute Gasteiger partial charge is 0.340 e. The molecular formula is C19H26N6O. The third-order valence-corrected chi connectivity index (χ3v) is 4.42. The molecule has 1 aromatic heterocycles. The van der Waals surface area contributed by atoms with E-state index < -0.39 is 0 Å². The molecule has 3 rings (SSSR count). The van der Waals surface area contributed by atoms with Crippen LogP contribution < -0.4 is 15.5 Å². The quantitative estimate of drug-likeness (QED) is 0.860. The zero-order valence-corrected chi connectivity index (χ0v) is 15.6. The van der Waals surface area contributed by atoms with Gasteiger partial charge in [0.25, 0.3) is 0 Å². The summed E-state index contributed by atoms with van der Waals surface area (Å²) in [4.78, 5) is 25.1. The van der Waals surface area contributed by atoms with E-state index in [0.29, 0.717) is 0 Å². The van der Waals surface area contributed by atoms with E-state index in [1.54, 1.807) is 0 Å². The molecule has 0 spiro atoms. The SMILES string of the molecule is CCN1CCN(c2nc(C)cc(Nc3ccc(NC(C)=O)cc3)n2)CC1. The number of carbonyl (C=O) groups is 1. The number of anilines is 4. The summed E-state index contributed by atoms with van der Waals surface area (Å²) in [7, 11) is 0. The van der Waals surface area contributed by atoms with Gasteiger partial charge < -0.3 is 20.4 Å². The van der Waals surface area contributed by atoms with Crippen molar-refractivity contribution < 1.29 is 4.79 Å². The topological polar surface area (TPSA) is 73.4 Å². The standard InChI is InChI=1S/C19H26N6O/c1-4-24-9-11-25(12-10-24)19-20-14(2)13-18(23-19)22-17-7-5-16(6-8-17)21-15(3)26/h5-8,13H,4,9-12H2,1-3H3,(H,21,26)(H,20,22,23). The van der Waals surface area contributed by atoms with Crippen LogP contribution in [0.15, 0.2) is 30.3 Å². The van der Waals surface area contributed by atoms with Gasteiger partial charge in [0.2, 0.25) is 11.9 Å². The Labute approximate surface area is 154 Å². The molecule has 1 fully saturated rings. The van der Waals surface area contributed by atoms with Crippen LogP contribution in [0.5, 0.6) is 0 Å². The van der Waals surface area contributed by atoms with E-state index in [-0.39, 0.29) is 5.91 Å². The Morgan fingerprint density at radius 3 is 2.35 bits per heavy atom. The molecule has 1 aliphatic heterocycles. The van der Waals surface area contributed by atoms with Crippen molar-refractivity contribution in [3.05, 3.63) is 36.0 Å². The van der Waals surface area contributed by atoms with Crippen molar-refractivity contribution in [1.82, 2.24) is 14.9 Å². The Kier molecular flexibility index (Phi) is 5.68. The minimum absolute atomic E-state index is 0.0788. The Balaban J connectivity index is 1.70. The third-order valence-electron chi connectivity index (χ3n) is 4.42. The molecule has 1 amide bonds. The summed E-state index contributed by atoms with van der Waals surface area (Å²) in [6.45, 7) is 10.7. The Bertz CT molecular complexity index is 753. The van der Waals surface area contributed by atoms with E-state index in [4.69, 9.17) is 0 Å². The van der Waals surface area contributed by atoms with Crippen LogP contribution in [0.4, 0.5) is 23.1 Å². The molecule has 1 saturated heterocycles. The zero-order valence-electron chi connectivity index (χ0n) is 15.6. The van der Waals surface area contributed by atoms with E-state index in [1.165, 1.54) is 6.92 Å². The highest BCUT2D eigenvalue weighted by Crippen LogP contribution is 2.21. The minimum atomic E-state index is -0.0788. The van der Waals surface area contributed by atoms with Gasteiger partial charge in [0.1, 0.15) is 5.82 Å². The van der Waals surface area contributed by atoms with Crippen LogP contribution in [0, 0.1) is 6.92 Å². The summed E-state index contributed by atoms with van der Waals surface area (Å²) in [5.41, 5.74) is 2.63. The second-order valence-electron chi connectivity index (χ2n) is 6.50. The van der Waals surface area contributed by atoms with Crippen LogP contribution >= 0.6 is 0 Å². The van der Waals surface area contributed by atoms with Gasteiger partial charge in [-0.25, -0.2) is 4.98 Å². The van der Waals surface area contributed by atoms with Crippen LogP contribution in [-0.4, -0.2) is 53.5 Å². The van der Waals surface area contributed by atoms with Gasteiger partial charge >= 0.3 is 0 Å². The van der Waals surface area contributed by atoms with Crippen molar-refractivity contribution in [2.24, 2.45) is 0 Å². The zero-order chi connectivity index (χ0) is 18.5. The van der Waals surface area contributed by atoms with Crippen molar-refractivity contribution in [3.8, 4) is 0 Å². The molecular weight excluding hydrogens is 328 g/mol. The maximum Gasteiger partial charge on any atom is 0.227 e. The number of hydrogen-bond donors (Lipinski definition) is 2. The van der Waals surface area contributed by atoms with Gasteiger partial charge in [0, 0.05) is 56.2 Å². The van der Waals surface area contributed by atoms with Crippen molar-refractivity contribution in [2.45, 2.75) is 20.8 Å². The summed E-state index contributed by atoms with van der Waals surface area (Å²) < 4.78 is 0. The first-order valence-electron chi connectivity index (χ1n) is 9.01. The summed E-state index contributed by atoms with van der Waals surface area (Å²) in [5, 5.41) is 6.09. The highest BCUT2D eigenvalue weighted by atomic mass is 16.1. The number of carbonyl (C=O) groups excluding carboxylic acids is 1. The Morgan fingerprint density at radius 1 is 1.08 bits per heavy atom. The number of hydrogen-bond acceptors (Lipinski definition) is 6. The lowest BCUT2D eigenvalue weighted by Crippen LogP contribution is -2.46. The maximum atomic E-state index is 11.1. The molecule has 2 N–H and O–H groups in total. The fourth-order valence-electron chi connectivity index (χ4n) is 3.01. The van der Waals surface area contributed by atoms with Gasteiger partial charge in [-0.05, 0) is 37.7 Å². The van der Waals surface area contributed by atoms with Crippen LogP contribution in [0.3, 0.4) is 0 Å². The first-order chi connectivity index (χ1) is 12.5. The van der Waals surface area contributed by atoms with Crippen molar-refractivity contribution in [3.63, 3.8) is 0 Å². The van der Waals surface area contributed by atoms with E-state index in [0.717, 1.165) is 61.6 Å². The predicted molar refractivity (Wildman–Crippen MR) is 105 cm³/mol. The molecule has 0 radical (unpaired) electrons. The van der Waals surface area contributed by atoms with E-state index in [2.05, 4.69) is 37.3 Å². The maximum absolute atomic E-state index is 11.1. The molecule has 7 heteroatoms. The Hall–Kier alpha value is -2.67. The monoisotopic (exact) mass is 354 g/mol. The van der Waals surface area contributed by atoms with Gasteiger partial charge in [-0.2, -0.15) is 4.98 Å². The van der Waals surface area contributed by atoms with Crippen molar-refractivity contribution in [1.29, 1.82) is 0 Å². The number of rotatable bonds is 5. The second-order valence-corrected chi connectivity index (χ2v) is 6.50. The predicted octanol–water partition coefficient (Wildman–Crippen LogP) is 2.63. The van der Waals surface area contributed by atoms with Gasteiger partial charge in [-0.15, -0.1) is 0 Å². The molecule has 138 valence electrons. The van der Waals surface area contributed by atoms with E-state index >= 15 is 0 Å². The first kappa shape index (κ1) is 18.1. The fraction of sp³-hybridized carbons (Fsp3) is 0.421. The highest BCUT2D eigenvalue weighted by Gasteiger charge is 2.18. The lowest BCUT2D eigenvalue weighted by Gasteiger charge is -2.34. The lowest BCUT2D eigenvalue weighted by molar-refractivity contribution is -0.114. The fourth-order valence-corrected chi connectivity index (χ4v) is 3.01. The number of nitrogens with zero attached hydrogens (tertiary/aromatic N) is 4. The average Bonchev–Trinajstić information content (AvgIpc) is 2.62. The van der Waals surface area contributed by atoms with Crippen LogP contribution in [0.2, 0.25) is 0 Å². The molecule has 0 aliphatic carbocycles. The molecule has 7 nitrogen and oxygen atoms in total. The number of amides is 1. The number of nitrogens with one attached hydrogen (secondary N) is 2. The third kappa shape index (κ3) is 4.70. The summed E-state index contributed by atoms with van der Waals surface area (Å²) in [5.74, 6) is 1.47. The number of aryl methyl sites for hydroxylation is 1. The van der Waals surface area contributed by atoms with Gasteiger partial charge in [0.15, 0.2) is 0 Å². The minimum Gasteiger partial charge on any atom is -0.340 e. The van der Waals surface area contributed by atoms with E-state index in [9.17, 15) is 4.79 Å². The number of benzene rings is 1. The molecule has 2 heterocycles. The summed E-state index contributed by atoms with van der Waals surface area (Å²) >= 11 is 0. The molecule has 0 saturated carbocycles. The van der Waals surface area contributed by atoms with Gasteiger partial charge in [0.05, 0.1) is 0 Å². The number of likely N-dealkylation sites (N-methyl/N-ethyl adjacent to an activating group) is 1. The van der Waals surface area contributed by atoms with Crippen LogP contribution in [-0.2, 0) is 4.79 Å². The average molecular weight is 354 g/mol. The second kappa shape index (κ2) is 8.14. The van der Waals surface area contributed by atoms with Gasteiger partial charge in [-0.1, -0.05) is 6.92 Å². The summed E-state index contributed by atoms with van der Waals surface area (Å²) in [6.07, 6.45) is 0. The Morgan fingerprint density at radius 2 is 1.73 bits per heavy atom. The number of aromatic nitrogens is 2. The molecule has 1 aliphatic rings. The molecule has 26 heavy (non-hydrogen) atoms. The van der Waals surface area contributed by atoms with Gasteiger partial charge in [-0.3, -0.25) is 4.79 Å². The lowest BCUT2D eigenvalue weighted by atomic mass is 10.2. The molecule has 0 atom stereocenters. The smallest absolute Gasteiger partial charge is 0.227 e. The first-order valence-corrected chi connectivity index (χ1v) is 9.01. The summed E-state index contributed by atoms with van der Waals surface area (Å²) in [6, 6.07) is 9.50. The van der Waals surface area contributed by atoms with Crippen LogP contribution in [0.25, 0.3) is 0 Å².